The van der Waals surface area contributed by atoms with E-state index in [2.05, 4.69) is 9.47 Å². The van der Waals surface area contributed by atoms with Crippen LogP contribution < -0.4 is 4.72 Å². The van der Waals surface area contributed by atoms with Crippen molar-refractivity contribution in [3.05, 3.63) is 29.6 Å². The number of nitrogens with one attached hydrogen (secondary N) is 1. The Morgan fingerprint density at radius 3 is 2.45 bits per heavy atom. The number of benzene rings is 1. The van der Waals surface area contributed by atoms with Crippen molar-refractivity contribution in [2.24, 2.45) is 0 Å². The fourth-order valence-corrected chi connectivity index (χ4v) is 2.47. The summed E-state index contributed by atoms with van der Waals surface area (Å²) >= 11 is 0. The summed E-state index contributed by atoms with van der Waals surface area (Å²) in [5.41, 5.74) is -0.341. The standard InChI is InChI=1S/C11H12FNO6S/c1-18-10(14)6-13-20(16,17)9-5-7(12)3-4-8(9)11(15)19-2/h3-5,13H,6H2,1-2H3. The summed E-state index contributed by atoms with van der Waals surface area (Å²) in [6.07, 6.45) is 0. The molecule has 20 heavy (non-hydrogen) atoms. The Bertz CT molecular complexity index is 628. The Hall–Kier alpha value is -2.00. The topological polar surface area (TPSA) is 98.8 Å². The Morgan fingerprint density at radius 2 is 1.90 bits per heavy atom. The number of halogens is 1. The first-order valence-electron chi connectivity index (χ1n) is 5.26. The second-order valence-corrected chi connectivity index (χ2v) is 5.27. The van der Waals surface area contributed by atoms with Gasteiger partial charge in [-0.05, 0) is 18.2 Å². The number of sulfonamides is 1. The molecule has 0 spiro atoms. The Balaban J connectivity index is 3.19. The molecule has 0 radical (unpaired) electrons. The third-order valence-electron chi connectivity index (χ3n) is 2.27. The van der Waals surface area contributed by atoms with E-state index in [1.807, 2.05) is 4.72 Å². The lowest BCUT2D eigenvalue weighted by molar-refractivity contribution is -0.139. The summed E-state index contributed by atoms with van der Waals surface area (Å²) in [5, 5.41) is 0. The van der Waals surface area contributed by atoms with E-state index in [-0.39, 0.29) is 5.56 Å². The summed E-state index contributed by atoms with van der Waals surface area (Å²) < 4.78 is 47.7. The van der Waals surface area contributed by atoms with Crippen LogP contribution in [0.5, 0.6) is 0 Å². The highest BCUT2D eigenvalue weighted by molar-refractivity contribution is 7.89. The van der Waals surface area contributed by atoms with E-state index in [0.717, 1.165) is 26.4 Å². The summed E-state index contributed by atoms with van der Waals surface area (Å²) in [6, 6.07) is 2.56. The smallest absolute Gasteiger partial charge is 0.339 e. The molecule has 1 N–H and O–H groups in total. The second kappa shape index (κ2) is 6.44. The van der Waals surface area contributed by atoms with Crippen LogP contribution in [0.15, 0.2) is 23.1 Å². The fourth-order valence-electron chi connectivity index (χ4n) is 1.30. The molecular weight excluding hydrogens is 293 g/mol. The van der Waals surface area contributed by atoms with Crippen molar-refractivity contribution in [2.45, 2.75) is 4.90 Å². The van der Waals surface area contributed by atoms with Gasteiger partial charge in [0, 0.05) is 0 Å². The lowest BCUT2D eigenvalue weighted by atomic mass is 10.2. The molecule has 0 aliphatic heterocycles. The molecule has 0 atom stereocenters. The molecule has 1 rings (SSSR count). The lowest BCUT2D eigenvalue weighted by Gasteiger charge is -2.09. The van der Waals surface area contributed by atoms with Gasteiger partial charge >= 0.3 is 11.9 Å². The van der Waals surface area contributed by atoms with E-state index >= 15 is 0 Å². The number of carbonyl (C=O) groups excluding carboxylic acids is 2. The lowest BCUT2D eigenvalue weighted by Crippen LogP contribution is -2.31. The van der Waals surface area contributed by atoms with Crippen LogP contribution in [0.4, 0.5) is 4.39 Å². The number of methoxy groups -OCH3 is 2. The van der Waals surface area contributed by atoms with Crippen LogP contribution in [0.2, 0.25) is 0 Å². The van der Waals surface area contributed by atoms with Gasteiger partial charge in [-0.1, -0.05) is 0 Å². The van der Waals surface area contributed by atoms with E-state index in [4.69, 9.17) is 0 Å². The minimum Gasteiger partial charge on any atom is -0.468 e. The van der Waals surface area contributed by atoms with Crippen molar-refractivity contribution in [1.29, 1.82) is 0 Å². The number of hydrogen-bond donors (Lipinski definition) is 1. The van der Waals surface area contributed by atoms with Crippen LogP contribution in [0, 0.1) is 5.82 Å². The molecule has 0 heterocycles. The number of esters is 2. The minimum absolute atomic E-state index is 0.341. The number of hydrogen-bond acceptors (Lipinski definition) is 6. The van der Waals surface area contributed by atoms with Crippen LogP contribution >= 0.6 is 0 Å². The highest BCUT2D eigenvalue weighted by atomic mass is 32.2. The number of rotatable bonds is 5. The highest BCUT2D eigenvalue weighted by Gasteiger charge is 2.24. The van der Waals surface area contributed by atoms with Gasteiger partial charge in [-0.2, -0.15) is 4.72 Å². The fraction of sp³-hybridized carbons (Fsp3) is 0.273. The normalized spacial score (nSPS) is 10.9. The second-order valence-electron chi connectivity index (χ2n) is 3.53. The molecule has 0 aliphatic carbocycles. The van der Waals surface area contributed by atoms with Crippen molar-refractivity contribution in [3.63, 3.8) is 0 Å². The molecule has 0 saturated carbocycles. The Morgan fingerprint density at radius 1 is 1.25 bits per heavy atom. The van der Waals surface area contributed by atoms with Crippen LogP contribution in [0.25, 0.3) is 0 Å². The molecule has 7 nitrogen and oxygen atoms in total. The SMILES string of the molecule is COC(=O)CNS(=O)(=O)c1cc(F)ccc1C(=O)OC. The average Bonchev–Trinajstić information content (AvgIpc) is 2.43. The molecule has 0 amide bonds. The highest BCUT2D eigenvalue weighted by Crippen LogP contribution is 2.18. The zero-order valence-electron chi connectivity index (χ0n) is 10.7. The van der Waals surface area contributed by atoms with Crippen molar-refractivity contribution < 1.29 is 31.9 Å². The van der Waals surface area contributed by atoms with Crippen molar-refractivity contribution >= 4 is 22.0 Å². The van der Waals surface area contributed by atoms with Crippen molar-refractivity contribution in [3.8, 4) is 0 Å². The van der Waals surface area contributed by atoms with Crippen LogP contribution in [0.3, 0.4) is 0 Å². The van der Waals surface area contributed by atoms with Gasteiger partial charge in [-0.25, -0.2) is 17.6 Å². The first kappa shape index (κ1) is 16.1. The third kappa shape index (κ3) is 3.75. The molecular formula is C11H12FNO6S. The van der Waals surface area contributed by atoms with E-state index in [9.17, 15) is 22.4 Å². The van der Waals surface area contributed by atoms with Crippen molar-refractivity contribution in [1.82, 2.24) is 4.72 Å². The van der Waals surface area contributed by atoms with Gasteiger partial charge in [0.1, 0.15) is 12.4 Å². The average molecular weight is 305 g/mol. The predicted molar refractivity (Wildman–Crippen MR) is 64.9 cm³/mol. The summed E-state index contributed by atoms with van der Waals surface area (Å²) in [6.45, 7) is -0.643. The van der Waals surface area contributed by atoms with E-state index in [1.54, 1.807) is 0 Å². The molecule has 0 aliphatic rings. The maximum Gasteiger partial charge on any atom is 0.339 e. The van der Waals surface area contributed by atoms with Crippen molar-refractivity contribution in [2.75, 3.05) is 20.8 Å². The van der Waals surface area contributed by atoms with Gasteiger partial charge < -0.3 is 9.47 Å². The summed E-state index contributed by atoms with van der Waals surface area (Å²) in [4.78, 5) is 21.8. The zero-order valence-corrected chi connectivity index (χ0v) is 11.5. The van der Waals surface area contributed by atoms with E-state index < -0.39 is 39.2 Å². The third-order valence-corrected chi connectivity index (χ3v) is 3.71. The van der Waals surface area contributed by atoms with Gasteiger partial charge in [-0.15, -0.1) is 0 Å². The van der Waals surface area contributed by atoms with E-state index in [0.29, 0.717) is 6.07 Å². The molecule has 9 heteroatoms. The molecule has 1 aromatic carbocycles. The molecule has 0 unspecified atom stereocenters. The van der Waals surface area contributed by atoms with Gasteiger partial charge in [-0.3, -0.25) is 4.79 Å². The predicted octanol–water partition coefficient (Wildman–Crippen LogP) is 0.0636. The van der Waals surface area contributed by atoms with Gasteiger partial charge in [0.05, 0.1) is 24.7 Å². The summed E-state index contributed by atoms with van der Waals surface area (Å²) in [7, 11) is -2.12. The largest absolute Gasteiger partial charge is 0.468 e. The van der Waals surface area contributed by atoms with Gasteiger partial charge in [0.15, 0.2) is 0 Å². The zero-order chi connectivity index (χ0) is 15.3. The monoisotopic (exact) mass is 305 g/mol. The van der Waals surface area contributed by atoms with E-state index in [1.165, 1.54) is 0 Å². The van der Waals surface area contributed by atoms with Gasteiger partial charge in [0.25, 0.3) is 0 Å². The molecule has 0 bridgehead atoms. The Kier molecular flexibility index (Phi) is 5.17. The van der Waals surface area contributed by atoms with Crippen LogP contribution in [-0.4, -0.2) is 41.1 Å². The Labute approximate surface area is 114 Å². The first-order valence-corrected chi connectivity index (χ1v) is 6.74. The molecule has 0 fully saturated rings. The molecule has 1 aromatic rings. The number of carbonyl (C=O) groups is 2. The van der Waals surface area contributed by atoms with Crippen LogP contribution in [-0.2, 0) is 24.3 Å². The maximum absolute atomic E-state index is 13.2. The summed E-state index contributed by atoms with van der Waals surface area (Å²) in [5.74, 6) is -2.62. The number of ether oxygens (including phenoxy) is 2. The maximum atomic E-state index is 13.2. The quantitative estimate of drug-likeness (QED) is 0.773. The molecule has 0 saturated heterocycles. The van der Waals surface area contributed by atoms with Crippen LogP contribution in [0.1, 0.15) is 10.4 Å². The van der Waals surface area contributed by atoms with Gasteiger partial charge in [0.2, 0.25) is 10.0 Å². The minimum atomic E-state index is -4.27. The molecule has 0 aromatic heterocycles. The molecule has 110 valence electrons. The first-order chi connectivity index (χ1) is 9.31.